The van der Waals surface area contributed by atoms with Gasteiger partial charge in [0.1, 0.15) is 5.75 Å². The number of aryl methyl sites for hydroxylation is 1. The molecule has 1 amide bonds. The highest BCUT2D eigenvalue weighted by atomic mass is 16.5. The molecule has 0 saturated carbocycles. The molecular formula is C30H31N5O4. The third-order valence-corrected chi connectivity index (χ3v) is 7.98. The van der Waals surface area contributed by atoms with Gasteiger partial charge in [-0.3, -0.25) is 19.1 Å². The van der Waals surface area contributed by atoms with Gasteiger partial charge in [0.05, 0.1) is 12.2 Å². The summed E-state index contributed by atoms with van der Waals surface area (Å²) < 4.78 is 9.40. The smallest absolute Gasteiger partial charge is 0.302 e. The molecule has 2 aromatic carbocycles. The standard InChI is InChI=1S/C30H31N5O4/c1-19-7-5-11-26(20(19)2)39-17-27(36)31-32-29-23-8-3-4-9-25(23)35(30(29)38)18-33-14-21-13-22(16-33)24-10-6-12-28(37)34(24)15-21/h3-12,21-22,38H,13-18H2,1-2H3. The lowest BCUT2D eigenvalue weighted by molar-refractivity contribution is -0.120. The maximum Gasteiger partial charge on any atom is 0.302 e. The highest BCUT2D eigenvalue weighted by molar-refractivity contribution is 5.95. The van der Waals surface area contributed by atoms with Crippen LogP contribution in [-0.4, -0.2) is 44.7 Å². The molecule has 39 heavy (non-hydrogen) atoms. The highest BCUT2D eigenvalue weighted by Gasteiger charge is 2.35. The first-order valence-electron chi connectivity index (χ1n) is 13.2. The topological polar surface area (TPSA) is 101 Å². The predicted molar refractivity (Wildman–Crippen MR) is 148 cm³/mol. The van der Waals surface area contributed by atoms with Crippen molar-refractivity contribution >= 4 is 22.5 Å². The number of fused-ring (bicyclic) bond motifs is 5. The predicted octanol–water partition coefficient (Wildman–Crippen LogP) is 4.89. The molecule has 2 aliphatic heterocycles. The van der Waals surface area contributed by atoms with Crippen molar-refractivity contribution in [2.45, 2.75) is 39.4 Å². The molecule has 2 bridgehead atoms. The summed E-state index contributed by atoms with van der Waals surface area (Å²) in [4.78, 5) is 27.2. The second-order valence-electron chi connectivity index (χ2n) is 10.6. The Bertz CT molecular complexity index is 1650. The van der Waals surface area contributed by atoms with Gasteiger partial charge in [-0.2, -0.15) is 0 Å². The van der Waals surface area contributed by atoms with Gasteiger partial charge in [-0.25, -0.2) is 0 Å². The van der Waals surface area contributed by atoms with Gasteiger partial charge < -0.3 is 14.4 Å². The lowest BCUT2D eigenvalue weighted by Crippen LogP contribution is -2.47. The first-order valence-corrected chi connectivity index (χ1v) is 13.2. The number of carbonyl (C=O) groups excluding carboxylic acids is 1. The Morgan fingerprint density at radius 1 is 1.03 bits per heavy atom. The van der Waals surface area contributed by atoms with Gasteiger partial charge in [-0.1, -0.05) is 36.4 Å². The highest BCUT2D eigenvalue weighted by Crippen LogP contribution is 2.40. The van der Waals surface area contributed by atoms with Crippen LogP contribution in [0, 0.1) is 19.8 Å². The summed E-state index contributed by atoms with van der Waals surface area (Å²) >= 11 is 0. The van der Waals surface area contributed by atoms with E-state index in [1.54, 1.807) is 6.07 Å². The quantitative estimate of drug-likeness (QED) is 0.361. The zero-order valence-corrected chi connectivity index (χ0v) is 22.1. The van der Waals surface area contributed by atoms with E-state index >= 15 is 0 Å². The molecule has 9 nitrogen and oxygen atoms in total. The number of carbonyl (C=O) groups is 1. The third kappa shape index (κ3) is 4.74. The van der Waals surface area contributed by atoms with E-state index in [4.69, 9.17) is 4.74 Å². The number of pyridine rings is 1. The summed E-state index contributed by atoms with van der Waals surface area (Å²) in [6, 6.07) is 18.8. The van der Waals surface area contributed by atoms with Crippen molar-refractivity contribution in [1.82, 2.24) is 14.0 Å². The van der Waals surface area contributed by atoms with Crippen LogP contribution in [0.15, 0.2) is 75.7 Å². The number of hydrogen-bond acceptors (Lipinski definition) is 6. The molecule has 6 rings (SSSR count). The fourth-order valence-corrected chi connectivity index (χ4v) is 5.98. The van der Waals surface area contributed by atoms with Crippen LogP contribution < -0.4 is 10.3 Å². The third-order valence-electron chi connectivity index (χ3n) is 7.98. The van der Waals surface area contributed by atoms with E-state index in [9.17, 15) is 14.7 Å². The van der Waals surface area contributed by atoms with Crippen molar-refractivity contribution in [3.63, 3.8) is 0 Å². The summed E-state index contributed by atoms with van der Waals surface area (Å²) in [6.45, 7) is 6.48. The van der Waals surface area contributed by atoms with Crippen molar-refractivity contribution in [3.8, 4) is 11.6 Å². The fourth-order valence-electron chi connectivity index (χ4n) is 5.98. The minimum absolute atomic E-state index is 0.0319. The molecule has 2 atom stereocenters. The molecule has 0 spiro atoms. The minimum Gasteiger partial charge on any atom is -0.493 e. The molecule has 4 aromatic rings. The van der Waals surface area contributed by atoms with Gasteiger partial charge in [-0.15, -0.1) is 10.2 Å². The largest absolute Gasteiger partial charge is 0.493 e. The number of hydrogen-bond donors (Lipinski definition) is 1. The number of azo groups is 1. The first-order chi connectivity index (χ1) is 18.9. The number of benzene rings is 2. The maximum absolute atomic E-state index is 12.5. The van der Waals surface area contributed by atoms with Gasteiger partial charge in [-0.05, 0) is 55.5 Å². The number of likely N-dealkylation sites (tertiary alicyclic amines) is 1. The number of ether oxygens (including phenoxy) is 1. The SMILES string of the molecule is Cc1cccc(OCC(=O)N=Nc2c(O)n(CN3CC4CC(C3)c3cccc(=O)n3C4)c3ccccc23)c1C. The van der Waals surface area contributed by atoms with Crippen LogP contribution in [0.2, 0.25) is 0 Å². The number of aromatic hydroxyl groups is 1. The van der Waals surface area contributed by atoms with Crippen LogP contribution in [0.25, 0.3) is 10.9 Å². The Labute approximate surface area is 226 Å². The molecule has 2 unspecified atom stereocenters. The fraction of sp³-hybridized carbons (Fsp3) is 0.333. The van der Waals surface area contributed by atoms with Gasteiger partial charge in [0, 0.05) is 42.7 Å². The van der Waals surface area contributed by atoms with Crippen LogP contribution in [0.1, 0.15) is 29.2 Å². The Morgan fingerprint density at radius 2 is 1.85 bits per heavy atom. The Hall–Kier alpha value is -4.24. The van der Waals surface area contributed by atoms with Gasteiger partial charge in [0.15, 0.2) is 12.3 Å². The monoisotopic (exact) mass is 525 g/mol. The van der Waals surface area contributed by atoms with Crippen molar-refractivity contribution in [2.24, 2.45) is 16.1 Å². The number of amides is 1. The average molecular weight is 526 g/mol. The molecule has 9 heteroatoms. The molecule has 4 heterocycles. The van der Waals surface area contributed by atoms with Gasteiger partial charge in [0.25, 0.3) is 5.56 Å². The molecule has 0 radical (unpaired) electrons. The summed E-state index contributed by atoms with van der Waals surface area (Å²) in [7, 11) is 0. The van der Waals surface area contributed by atoms with Crippen LogP contribution in [0.5, 0.6) is 11.6 Å². The summed E-state index contributed by atoms with van der Waals surface area (Å²) in [5.74, 6) is 0.704. The Kier molecular flexibility index (Phi) is 6.52. The second-order valence-corrected chi connectivity index (χ2v) is 10.6. The van der Waals surface area contributed by atoms with Crippen LogP contribution in [0.3, 0.4) is 0 Å². The molecule has 1 N–H and O–H groups in total. The molecular weight excluding hydrogens is 494 g/mol. The average Bonchev–Trinajstić information content (AvgIpc) is 3.19. The van der Waals surface area contributed by atoms with Crippen molar-refractivity contribution < 1.29 is 14.6 Å². The normalized spacial score (nSPS) is 18.9. The molecule has 0 aliphatic carbocycles. The molecule has 200 valence electrons. The molecule has 1 fully saturated rings. The van der Waals surface area contributed by atoms with Crippen LogP contribution in [0.4, 0.5) is 5.69 Å². The summed E-state index contributed by atoms with van der Waals surface area (Å²) in [5, 5.41) is 20.0. The number of rotatable bonds is 6. The van der Waals surface area contributed by atoms with Crippen molar-refractivity contribution in [2.75, 3.05) is 19.7 Å². The van der Waals surface area contributed by atoms with Crippen LogP contribution in [-0.2, 0) is 18.0 Å². The van der Waals surface area contributed by atoms with E-state index < -0.39 is 5.91 Å². The summed E-state index contributed by atoms with van der Waals surface area (Å²) in [5.41, 5.74) is 4.28. The zero-order chi connectivity index (χ0) is 27.1. The number of piperidine rings is 1. The lowest BCUT2D eigenvalue weighted by Gasteiger charge is -2.42. The molecule has 1 saturated heterocycles. The van der Waals surface area contributed by atoms with E-state index in [2.05, 4.69) is 15.1 Å². The number of nitrogens with zero attached hydrogens (tertiary/aromatic N) is 5. The van der Waals surface area contributed by atoms with Crippen molar-refractivity contribution in [1.29, 1.82) is 0 Å². The summed E-state index contributed by atoms with van der Waals surface area (Å²) in [6.07, 6.45) is 1.06. The number of aromatic nitrogens is 2. The maximum atomic E-state index is 12.5. The Balaban J connectivity index is 1.21. The lowest BCUT2D eigenvalue weighted by atomic mass is 9.83. The van der Waals surface area contributed by atoms with Crippen LogP contribution >= 0.6 is 0 Å². The molecule has 2 aliphatic rings. The first kappa shape index (κ1) is 25.1. The Morgan fingerprint density at radius 3 is 2.72 bits per heavy atom. The minimum atomic E-state index is -0.537. The van der Waals surface area contributed by atoms with E-state index in [1.165, 1.54) is 0 Å². The van der Waals surface area contributed by atoms with Gasteiger partial charge >= 0.3 is 5.91 Å². The number of para-hydroxylation sites is 1. The van der Waals surface area contributed by atoms with E-state index in [1.807, 2.05) is 77.6 Å². The second kappa shape index (κ2) is 10.1. The molecule has 2 aromatic heterocycles. The van der Waals surface area contributed by atoms with E-state index in [-0.39, 0.29) is 29.7 Å². The van der Waals surface area contributed by atoms with E-state index in [0.29, 0.717) is 24.9 Å². The van der Waals surface area contributed by atoms with Gasteiger partial charge in [0.2, 0.25) is 5.88 Å². The van der Waals surface area contributed by atoms with Crippen molar-refractivity contribution in [3.05, 3.63) is 87.8 Å². The van der Waals surface area contributed by atoms with E-state index in [0.717, 1.165) is 47.2 Å². The zero-order valence-electron chi connectivity index (χ0n) is 22.1.